The number of nitrogens with one attached hydrogen (secondary N) is 2. The van der Waals surface area contributed by atoms with Gasteiger partial charge in [-0.15, -0.1) is 0 Å². The largest absolute Gasteiger partial charge is 0.383 e. The molecule has 0 aliphatic heterocycles. The van der Waals surface area contributed by atoms with E-state index in [0.717, 1.165) is 13.1 Å². The second-order valence-electron chi connectivity index (χ2n) is 3.21. The van der Waals surface area contributed by atoms with E-state index in [0.29, 0.717) is 6.04 Å². The zero-order valence-corrected chi connectivity index (χ0v) is 8.38. The highest BCUT2D eigenvalue weighted by Crippen LogP contribution is 2.04. The van der Waals surface area contributed by atoms with E-state index in [9.17, 15) is 0 Å². The van der Waals surface area contributed by atoms with Gasteiger partial charge in [-0.3, -0.25) is 0 Å². The van der Waals surface area contributed by atoms with Crippen LogP contribution in [-0.4, -0.2) is 19.1 Å². The van der Waals surface area contributed by atoms with Crippen LogP contribution in [0, 0.1) is 0 Å². The Morgan fingerprint density at radius 3 is 2.54 bits per heavy atom. The topological polar surface area (TPSA) is 24.1 Å². The molecule has 13 heavy (non-hydrogen) atoms. The van der Waals surface area contributed by atoms with Crippen molar-refractivity contribution < 1.29 is 0 Å². The van der Waals surface area contributed by atoms with Gasteiger partial charge in [-0.05, 0) is 25.6 Å². The van der Waals surface area contributed by atoms with E-state index in [1.54, 1.807) is 0 Å². The first-order valence-corrected chi connectivity index (χ1v) is 4.85. The minimum atomic E-state index is 0.519. The van der Waals surface area contributed by atoms with Crippen LogP contribution in [0.1, 0.15) is 13.8 Å². The summed E-state index contributed by atoms with van der Waals surface area (Å²) in [5, 5.41) is 6.72. The molecule has 1 unspecified atom stereocenters. The average molecular weight is 178 g/mol. The maximum absolute atomic E-state index is 3.37. The Balaban J connectivity index is 2.27. The summed E-state index contributed by atoms with van der Waals surface area (Å²) in [6.07, 6.45) is 0. The molecular weight excluding hydrogens is 160 g/mol. The summed E-state index contributed by atoms with van der Waals surface area (Å²) in [7, 11) is 0. The van der Waals surface area contributed by atoms with Crippen molar-refractivity contribution in [3.8, 4) is 0 Å². The molecule has 2 nitrogen and oxygen atoms in total. The zero-order chi connectivity index (χ0) is 9.52. The van der Waals surface area contributed by atoms with Crippen molar-refractivity contribution in [1.29, 1.82) is 0 Å². The second-order valence-corrected chi connectivity index (χ2v) is 3.21. The fraction of sp³-hybridized carbons (Fsp3) is 0.455. The van der Waals surface area contributed by atoms with Crippen molar-refractivity contribution in [2.24, 2.45) is 0 Å². The SMILES string of the molecule is CCNC(C)CNc1ccccc1. The van der Waals surface area contributed by atoms with E-state index in [4.69, 9.17) is 0 Å². The normalized spacial score (nSPS) is 12.5. The van der Waals surface area contributed by atoms with Crippen LogP contribution < -0.4 is 10.6 Å². The summed E-state index contributed by atoms with van der Waals surface area (Å²) in [6, 6.07) is 10.8. The Bertz CT molecular complexity index is 221. The molecule has 1 rings (SSSR count). The van der Waals surface area contributed by atoms with Gasteiger partial charge in [-0.1, -0.05) is 25.1 Å². The molecule has 0 aliphatic carbocycles. The predicted molar refractivity (Wildman–Crippen MR) is 58.1 cm³/mol. The standard InChI is InChI=1S/C11H18N2/c1-3-12-10(2)9-13-11-7-5-4-6-8-11/h4-8,10,12-13H,3,9H2,1-2H3. The molecule has 1 aromatic rings. The van der Waals surface area contributed by atoms with Crippen molar-refractivity contribution in [2.45, 2.75) is 19.9 Å². The summed E-state index contributed by atoms with van der Waals surface area (Å²) >= 11 is 0. The van der Waals surface area contributed by atoms with Crippen LogP contribution in [0.2, 0.25) is 0 Å². The Morgan fingerprint density at radius 1 is 1.23 bits per heavy atom. The first-order valence-electron chi connectivity index (χ1n) is 4.85. The summed E-state index contributed by atoms with van der Waals surface area (Å²) < 4.78 is 0. The smallest absolute Gasteiger partial charge is 0.0340 e. The van der Waals surface area contributed by atoms with Crippen LogP contribution in [0.15, 0.2) is 30.3 Å². The molecule has 72 valence electrons. The fourth-order valence-corrected chi connectivity index (χ4v) is 1.25. The van der Waals surface area contributed by atoms with Crippen LogP contribution in [0.25, 0.3) is 0 Å². The molecule has 0 amide bonds. The van der Waals surface area contributed by atoms with Gasteiger partial charge in [0.05, 0.1) is 0 Å². The molecule has 0 saturated carbocycles. The highest BCUT2D eigenvalue weighted by atomic mass is 15.0. The van der Waals surface area contributed by atoms with E-state index in [1.165, 1.54) is 5.69 Å². The molecule has 1 atom stereocenters. The van der Waals surface area contributed by atoms with Crippen molar-refractivity contribution in [3.05, 3.63) is 30.3 Å². The van der Waals surface area contributed by atoms with E-state index in [-0.39, 0.29) is 0 Å². The monoisotopic (exact) mass is 178 g/mol. The second kappa shape index (κ2) is 5.60. The van der Waals surface area contributed by atoms with Gasteiger partial charge < -0.3 is 10.6 Å². The van der Waals surface area contributed by atoms with Crippen LogP contribution in [-0.2, 0) is 0 Å². The quantitative estimate of drug-likeness (QED) is 0.721. The lowest BCUT2D eigenvalue weighted by Gasteiger charge is -2.13. The molecule has 0 aromatic heterocycles. The van der Waals surface area contributed by atoms with Gasteiger partial charge in [0.15, 0.2) is 0 Å². The lowest BCUT2D eigenvalue weighted by Crippen LogP contribution is -2.32. The van der Waals surface area contributed by atoms with Crippen molar-refractivity contribution in [1.82, 2.24) is 5.32 Å². The fourth-order valence-electron chi connectivity index (χ4n) is 1.25. The Morgan fingerprint density at radius 2 is 1.92 bits per heavy atom. The molecule has 2 heteroatoms. The number of benzene rings is 1. The van der Waals surface area contributed by atoms with Crippen molar-refractivity contribution in [2.75, 3.05) is 18.4 Å². The van der Waals surface area contributed by atoms with Gasteiger partial charge >= 0.3 is 0 Å². The third-order valence-electron chi connectivity index (χ3n) is 1.94. The molecule has 0 aliphatic rings. The minimum Gasteiger partial charge on any atom is -0.383 e. The molecule has 0 heterocycles. The lowest BCUT2D eigenvalue weighted by atomic mass is 10.3. The molecule has 0 radical (unpaired) electrons. The predicted octanol–water partition coefficient (Wildman–Crippen LogP) is 2.10. The van der Waals surface area contributed by atoms with E-state index in [1.807, 2.05) is 18.2 Å². The van der Waals surface area contributed by atoms with Gasteiger partial charge in [-0.25, -0.2) is 0 Å². The molecule has 0 bridgehead atoms. The zero-order valence-electron chi connectivity index (χ0n) is 8.38. The number of anilines is 1. The third-order valence-corrected chi connectivity index (χ3v) is 1.94. The van der Waals surface area contributed by atoms with E-state index in [2.05, 4.69) is 36.6 Å². The van der Waals surface area contributed by atoms with Crippen molar-refractivity contribution >= 4 is 5.69 Å². The summed E-state index contributed by atoms with van der Waals surface area (Å²) in [5.74, 6) is 0. The van der Waals surface area contributed by atoms with Gasteiger partial charge in [-0.2, -0.15) is 0 Å². The number of para-hydroxylation sites is 1. The number of likely N-dealkylation sites (N-methyl/N-ethyl adjacent to an activating group) is 1. The van der Waals surface area contributed by atoms with Crippen LogP contribution in [0.3, 0.4) is 0 Å². The number of rotatable bonds is 5. The van der Waals surface area contributed by atoms with E-state index < -0.39 is 0 Å². The highest BCUT2D eigenvalue weighted by molar-refractivity contribution is 5.42. The highest BCUT2D eigenvalue weighted by Gasteiger charge is 1.97. The van der Waals surface area contributed by atoms with E-state index >= 15 is 0 Å². The maximum atomic E-state index is 3.37. The summed E-state index contributed by atoms with van der Waals surface area (Å²) in [6.45, 7) is 6.30. The summed E-state index contributed by atoms with van der Waals surface area (Å²) in [4.78, 5) is 0. The van der Waals surface area contributed by atoms with Crippen molar-refractivity contribution in [3.63, 3.8) is 0 Å². The maximum Gasteiger partial charge on any atom is 0.0340 e. The van der Waals surface area contributed by atoms with Crippen LogP contribution >= 0.6 is 0 Å². The molecule has 0 saturated heterocycles. The molecule has 0 fully saturated rings. The third kappa shape index (κ3) is 3.95. The van der Waals surface area contributed by atoms with Crippen LogP contribution in [0.5, 0.6) is 0 Å². The summed E-state index contributed by atoms with van der Waals surface area (Å²) in [5.41, 5.74) is 1.19. The first kappa shape index (κ1) is 10.1. The lowest BCUT2D eigenvalue weighted by molar-refractivity contribution is 0.590. The molecule has 1 aromatic carbocycles. The Labute approximate surface area is 80.4 Å². The van der Waals surface area contributed by atoms with Gasteiger partial charge in [0.25, 0.3) is 0 Å². The average Bonchev–Trinajstić information content (AvgIpc) is 2.17. The van der Waals surface area contributed by atoms with Gasteiger partial charge in [0, 0.05) is 18.3 Å². The Kier molecular flexibility index (Phi) is 4.33. The van der Waals surface area contributed by atoms with Gasteiger partial charge in [0.1, 0.15) is 0 Å². The number of hydrogen-bond donors (Lipinski definition) is 2. The van der Waals surface area contributed by atoms with Crippen LogP contribution in [0.4, 0.5) is 5.69 Å². The Hall–Kier alpha value is -1.02. The van der Waals surface area contributed by atoms with Gasteiger partial charge in [0.2, 0.25) is 0 Å². The minimum absolute atomic E-state index is 0.519. The number of hydrogen-bond acceptors (Lipinski definition) is 2. The molecule has 2 N–H and O–H groups in total. The first-order chi connectivity index (χ1) is 6.33. The molecular formula is C11H18N2. The molecule has 0 spiro atoms.